The lowest BCUT2D eigenvalue weighted by molar-refractivity contribution is 0.383. The number of fused-ring (bicyclic) bond motifs is 1. The molecule has 0 aliphatic rings. The number of rotatable bonds is 4. The molecule has 0 bridgehead atoms. The van der Waals surface area contributed by atoms with E-state index in [-0.39, 0.29) is 0 Å². The molecule has 0 atom stereocenters. The van der Waals surface area contributed by atoms with Gasteiger partial charge in [0, 0.05) is 19.6 Å². The molecule has 5 nitrogen and oxygen atoms in total. The van der Waals surface area contributed by atoms with E-state index in [2.05, 4.69) is 40.6 Å². The van der Waals surface area contributed by atoms with Gasteiger partial charge in [-0.1, -0.05) is 0 Å². The minimum Gasteiger partial charge on any atom is -0.328 e. The Kier molecular flexibility index (Phi) is 3.35. The SMILES string of the molecule is CCn1nc(C)c2[nH]c(=S)n(CCN(C)C)c21. The number of aromatic amines is 1. The number of imidazole rings is 1. The van der Waals surface area contributed by atoms with E-state index in [4.69, 9.17) is 12.2 Å². The van der Waals surface area contributed by atoms with Crippen LogP contribution in [0.25, 0.3) is 11.2 Å². The second-order valence-electron chi connectivity index (χ2n) is 4.48. The summed E-state index contributed by atoms with van der Waals surface area (Å²) in [6.45, 7) is 6.82. The predicted octanol–water partition coefficient (Wildman–Crippen LogP) is 1.79. The van der Waals surface area contributed by atoms with Crippen molar-refractivity contribution in [2.45, 2.75) is 26.9 Å². The Morgan fingerprint density at radius 2 is 2.12 bits per heavy atom. The van der Waals surface area contributed by atoms with Gasteiger partial charge in [0.1, 0.15) is 5.52 Å². The maximum absolute atomic E-state index is 5.37. The third-order valence-electron chi connectivity index (χ3n) is 2.90. The second kappa shape index (κ2) is 4.62. The third-order valence-corrected chi connectivity index (χ3v) is 3.23. The number of hydrogen-bond acceptors (Lipinski definition) is 3. The molecule has 2 rings (SSSR count). The molecule has 0 saturated heterocycles. The molecule has 0 unspecified atom stereocenters. The van der Waals surface area contributed by atoms with Gasteiger partial charge in [0.2, 0.25) is 0 Å². The predicted molar refractivity (Wildman–Crippen MR) is 71.9 cm³/mol. The zero-order valence-electron chi connectivity index (χ0n) is 10.8. The van der Waals surface area contributed by atoms with Crippen LogP contribution in [-0.4, -0.2) is 44.9 Å². The quantitative estimate of drug-likeness (QED) is 0.845. The van der Waals surface area contributed by atoms with Gasteiger partial charge in [0.15, 0.2) is 10.4 Å². The van der Waals surface area contributed by atoms with E-state index in [0.29, 0.717) is 0 Å². The molecule has 0 radical (unpaired) electrons. The Bertz CT molecular complexity index is 574. The van der Waals surface area contributed by atoms with Crippen LogP contribution in [0.15, 0.2) is 0 Å². The van der Waals surface area contributed by atoms with Gasteiger partial charge >= 0.3 is 0 Å². The highest BCUT2D eigenvalue weighted by molar-refractivity contribution is 7.71. The first-order valence-electron chi connectivity index (χ1n) is 5.85. The van der Waals surface area contributed by atoms with Crippen LogP contribution in [0.4, 0.5) is 0 Å². The molecule has 0 aliphatic carbocycles. The topological polar surface area (TPSA) is 41.8 Å². The van der Waals surface area contributed by atoms with Crippen molar-refractivity contribution in [1.29, 1.82) is 0 Å². The first-order chi connectivity index (χ1) is 8.04. The standard InChI is InChI=1S/C11H19N5S/c1-5-16-10-9(8(2)13-16)12-11(17)15(10)7-6-14(3)4/h5-7H2,1-4H3,(H,12,17). The lowest BCUT2D eigenvalue weighted by Crippen LogP contribution is -2.19. The van der Waals surface area contributed by atoms with Crippen LogP contribution < -0.4 is 0 Å². The summed E-state index contributed by atoms with van der Waals surface area (Å²) in [4.78, 5) is 5.40. The fourth-order valence-corrected chi connectivity index (χ4v) is 2.27. The maximum Gasteiger partial charge on any atom is 0.179 e. The highest BCUT2D eigenvalue weighted by atomic mass is 32.1. The maximum atomic E-state index is 5.37. The van der Waals surface area contributed by atoms with Gasteiger partial charge in [-0.05, 0) is 40.2 Å². The van der Waals surface area contributed by atoms with Crippen LogP contribution in [0.3, 0.4) is 0 Å². The lowest BCUT2D eigenvalue weighted by atomic mass is 10.4. The summed E-state index contributed by atoms with van der Waals surface area (Å²) in [5.74, 6) is 0. The van der Waals surface area contributed by atoms with E-state index < -0.39 is 0 Å². The highest BCUT2D eigenvalue weighted by Crippen LogP contribution is 2.17. The summed E-state index contributed by atoms with van der Waals surface area (Å²) < 4.78 is 4.92. The lowest BCUT2D eigenvalue weighted by Gasteiger charge is -2.11. The first-order valence-corrected chi connectivity index (χ1v) is 6.26. The van der Waals surface area contributed by atoms with Crippen LogP contribution in [0.5, 0.6) is 0 Å². The molecule has 0 aliphatic heterocycles. The van der Waals surface area contributed by atoms with Gasteiger partial charge in [0.05, 0.1) is 5.69 Å². The average molecular weight is 253 g/mol. The normalized spacial score (nSPS) is 11.8. The van der Waals surface area contributed by atoms with Crippen LogP contribution in [0, 0.1) is 11.7 Å². The van der Waals surface area contributed by atoms with Crippen molar-refractivity contribution < 1.29 is 0 Å². The molecular formula is C11H19N5S. The summed E-state index contributed by atoms with van der Waals surface area (Å²) in [6, 6.07) is 0. The van der Waals surface area contributed by atoms with Crippen molar-refractivity contribution in [2.75, 3.05) is 20.6 Å². The number of H-pyrrole nitrogens is 1. The number of aromatic nitrogens is 4. The van der Waals surface area contributed by atoms with Gasteiger partial charge in [-0.3, -0.25) is 0 Å². The average Bonchev–Trinajstić information content (AvgIpc) is 2.74. The molecule has 6 heteroatoms. The molecule has 17 heavy (non-hydrogen) atoms. The Morgan fingerprint density at radius 1 is 1.41 bits per heavy atom. The van der Waals surface area contributed by atoms with E-state index in [9.17, 15) is 0 Å². The molecule has 2 aromatic heterocycles. The smallest absolute Gasteiger partial charge is 0.179 e. The summed E-state index contributed by atoms with van der Waals surface area (Å²) >= 11 is 5.37. The Morgan fingerprint density at radius 3 is 2.71 bits per heavy atom. The zero-order chi connectivity index (χ0) is 12.6. The summed E-state index contributed by atoms with van der Waals surface area (Å²) in [5, 5.41) is 4.50. The molecule has 0 fully saturated rings. The van der Waals surface area contributed by atoms with Gasteiger partial charge < -0.3 is 14.5 Å². The Labute approximate surface area is 106 Å². The fraction of sp³-hybridized carbons (Fsp3) is 0.636. The van der Waals surface area contributed by atoms with E-state index in [0.717, 1.165) is 41.3 Å². The van der Waals surface area contributed by atoms with Gasteiger partial charge in [-0.2, -0.15) is 5.10 Å². The van der Waals surface area contributed by atoms with Crippen molar-refractivity contribution in [3.63, 3.8) is 0 Å². The molecule has 0 spiro atoms. The minimum atomic E-state index is 0.782. The van der Waals surface area contributed by atoms with Gasteiger partial charge in [-0.25, -0.2) is 4.68 Å². The van der Waals surface area contributed by atoms with Crippen LogP contribution >= 0.6 is 12.2 Å². The number of nitrogens with one attached hydrogen (secondary N) is 1. The monoisotopic (exact) mass is 253 g/mol. The molecule has 0 saturated carbocycles. The van der Waals surface area contributed by atoms with E-state index in [1.165, 1.54) is 0 Å². The second-order valence-corrected chi connectivity index (χ2v) is 4.87. The first kappa shape index (κ1) is 12.3. The largest absolute Gasteiger partial charge is 0.328 e. The van der Waals surface area contributed by atoms with Gasteiger partial charge in [0.25, 0.3) is 0 Å². The summed E-state index contributed by atoms with van der Waals surface area (Å²) in [7, 11) is 4.13. The molecule has 94 valence electrons. The van der Waals surface area contributed by atoms with E-state index >= 15 is 0 Å². The molecule has 0 aromatic carbocycles. The molecule has 2 heterocycles. The Balaban J connectivity index is 2.53. The van der Waals surface area contributed by atoms with Crippen molar-refractivity contribution in [2.24, 2.45) is 0 Å². The zero-order valence-corrected chi connectivity index (χ0v) is 11.6. The number of nitrogens with zero attached hydrogens (tertiary/aromatic N) is 4. The molecule has 2 aromatic rings. The number of likely N-dealkylation sites (N-methyl/N-ethyl adjacent to an activating group) is 1. The Hall–Kier alpha value is -1.14. The van der Waals surface area contributed by atoms with Crippen molar-refractivity contribution in [3.05, 3.63) is 10.5 Å². The highest BCUT2D eigenvalue weighted by Gasteiger charge is 2.13. The third kappa shape index (κ3) is 2.14. The van der Waals surface area contributed by atoms with Crippen molar-refractivity contribution in [1.82, 2.24) is 24.2 Å². The molecular weight excluding hydrogens is 234 g/mol. The summed E-state index contributed by atoms with van der Waals surface area (Å²) in [5.41, 5.74) is 3.18. The summed E-state index contributed by atoms with van der Waals surface area (Å²) in [6.07, 6.45) is 0. The minimum absolute atomic E-state index is 0.782. The number of aryl methyl sites for hydroxylation is 2. The van der Waals surface area contributed by atoms with E-state index in [1.54, 1.807) is 0 Å². The fourth-order valence-electron chi connectivity index (χ4n) is 1.99. The number of hydrogen-bond donors (Lipinski definition) is 1. The van der Waals surface area contributed by atoms with Crippen LogP contribution in [-0.2, 0) is 13.1 Å². The van der Waals surface area contributed by atoms with Crippen LogP contribution in [0.2, 0.25) is 0 Å². The van der Waals surface area contributed by atoms with Gasteiger partial charge in [-0.15, -0.1) is 0 Å². The molecule has 1 N–H and O–H groups in total. The van der Waals surface area contributed by atoms with Crippen molar-refractivity contribution in [3.8, 4) is 0 Å². The molecule has 0 amide bonds. The van der Waals surface area contributed by atoms with Crippen molar-refractivity contribution >= 4 is 23.4 Å². The van der Waals surface area contributed by atoms with Crippen LogP contribution in [0.1, 0.15) is 12.6 Å². The van der Waals surface area contributed by atoms with E-state index in [1.807, 2.05) is 11.6 Å².